The van der Waals surface area contributed by atoms with Gasteiger partial charge in [-0.25, -0.2) is 0 Å². The molecule has 0 spiro atoms. The summed E-state index contributed by atoms with van der Waals surface area (Å²) in [6, 6.07) is 0. The highest BCUT2D eigenvalue weighted by Crippen LogP contribution is 2.35. The van der Waals surface area contributed by atoms with E-state index in [9.17, 15) is 27.2 Å². The Balaban J connectivity index is 5.19. The Morgan fingerprint density at radius 1 is 1.06 bits per heavy atom. The second-order valence-electron chi connectivity index (χ2n) is 2.64. The SMILES string of the molecule is NC(=O)C(F)(F)C(F)(F)C(=O)N(CO)CO. The highest BCUT2D eigenvalue weighted by molar-refractivity contribution is 5.94. The maximum absolute atomic E-state index is 12.8. The largest absolute Gasteiger partial charge is 0.395 e. The Hall–Kier alpha value is -1.42. The van der Waals surface area contributed by atoms with E-state index in [-0.39, 0.29) is 0 Å². The Morgan fingerprint density at radius 3 is 1.69 bits per heavy atom. The molecule has 0 bridgehead atoms. The number of amides is 2. The quantitative estimate of drug-likeness (QED) is 0.405. The van der Waals surface area contributed by atoms with E-state index in [0.29, 0.717) is 0 Å². The number of nitrogens with two attached hydrogens (primary N) is 1. The van der Waals surface area contributed by atoms with Gasteiger partial charge in [-0.1, -0.05) is 0 Å². The van der Waals surface area contributed by atoms with E-state index in [4.69, 9.17) is 10.2 Å². The molecule has 16 heavy (non-hydrogen) atoms. The predicted octanol–water partition coefficient (Wildman–Crippen LogP) is -1.53. The van der Waals surface area contributed by atoms with Crippen molar-refractivity contribution in [2.45, 2.75) is 11.8 Å². The number of aliphatic hydroxyl groups is 2. The van der Waals surface area contributed by atoms with E-state index in [1.54, 1.807) is 0 Å². The van der Waals surface area contributed by atoms with E-state index in [1.807, 2.05) is 0 Å². The van der Waals surface area contributed by atoms with Gasteiger partial charge in [0.2, 0.25) is 0 Å². The van der Waals surface area contributed by atoms with Gasteiger partial charge in [-0.15, -0.1) is 0 Å². The Morgan fingerprint density at radius 2 is 1.44 bits per heavy atom. The van der Waals surface area contributed by atoms with Crippen LogP contribution in [0, 0.1) is 0 Å². The van der Waals surface area contributed by atoms with E-state index in [1.165, 1.54) is 0 Å². The lowest BCUT2D eigenvalue weighted by Gasteiger charge is -2.27. The maximum atomic E-state index is 12.8. The van der Waals surface area contributed by atoms with Crippen molar-refractivity contribution < 1.29 is 37.4 Å². The zero-order valence-electron chi connectivity index (χ0n) is 7.66. The third kappa shape index (κ3) is 2.22. The lowest BCUT2D eigenvalue weighted by atomic mass is 10.1. The molecule has 0 rings (SSSR count). The molecule has 0 heterocycles. The molecule has 6 nitrogen and oxygen atoms in total. The van der Waals surface area contributed by atoms with Gasteiger partial charge in [-0.2, -0.15) is 17.6 Å². The van der Waals surface area contributed by atoms with Gasteiger partial charge in [0.1, 0.15) is 13.5 Å². The molecule has 10 heteroatoms. The number of alkyl halides is 4. The summed E-state index contributed by atoms with van der Waals surface area (Å²) in [6.07, 6.45) is 0. The highest BCUT2D eigenvalue weighted by Gasteiger charge is 2.67. The Kier molecular flexibility index (Phi) is 4.21. The van der Waals surface area contributed by atoms with E-state index in [2.05, 4.69) is 5.73 Å². The van der Waals surface area contributed by atoms with Gasteiger partial charge in [0.05, 0.1) is 0 Å². The van der Waals surface area contributed by atoms with Crippen LogP contribution in [-0.2, 0) is 9.59 Å². The summed E-state index contributed by atoms with van der Waals surface area (Å²) < 4.78 is 50.8. The number of carbonyl (C=O) groups excluding carboxylic acids is 2. The van der Waals surface area contributed by atoms with Crippen molar-refractivity contribution in [3.63, 3.8) is 0 Å². The number of hydrogen-bond donors (Lipinski definition) is 3. The molecule has 4 N–H and O–H groups in total. The number of carbonyl (C=O) groups is 2. The van der Waals surface area contributed by atoms with Crippen molar-refractivity contribution in [1.82, 2.24) is 4.90 Å². The average molecular weight is 248 g/mol. The summed E-state index contributed by atoms with van der Waals surface area (Å²) in [6.45, 7) is -2.83. The van der Waals surface area contributed by atoms with Crippen molar-refractivity contribution in [3.8, 4) is 0 Å². The van der Waals surface area contributed by atoms with Gasteiger partial charge in [-0.3, -0.25) is 14.5 Å². The number of hydrogen-bond acceptors (Lipinski definition) is 4. The van der Waals surface area contributed by atoms with Crippen molar-refractivity contribution in [2.75, 3.05) is 13.5 Å². The van der Waals surface area contributed by atoms with E-state index >= 15 is 0 Å². The molecule has 0 radical (unpaired) electrons. The van der Waals surface area contributed by atoms with Crippen LogP contribution in [0.15, 0.2) is 0 Å². The molecule has 0 atom stereocenters. The fourth-order valence-corrected chi connectivity index (χ4v) is 0.661. The van der Waals surface area contributed by atoms with Gasteiger partial charge >= 0.3 is 17.8 Å². The zero-order chi connectivity index (χ0) is 13.1. The van der Waals surface area contributed by atoms with Crippen LogP contribution in [0.1, 0.15) is 0 Å². The molecule has 94 valence electrons. The van der Waals surface area contributed by atoms with Crippen LogP contribution < -0.4 is 5.73 Å². The van der Waals surface area contributed by atoms with Crippen molar-refractivity contribution in [3.05, 3.63) is 0 Å². The number of rotatable bonds is 5. The number of primary amides is 1. The Labute approximate surface area is 86.2 Å². The second-order valence-corrected chi connectivity index (χ2v) is 2.64. The van der Waals surface area contributed by atoms with E-state index < -0.39 is 42.0 Å². The molecule has 0 aromatic rings. The molecule has 0 aliphatic rings. The van der Waals surface area contributed by atoms with Crippen LogP contribution in [-0.4, -0.2) is 52.2 Å². The van der Waals surface area contributed by atoms with Crippen LogP contribution in [0.4, 0.5) is 17.6 Å². The summed E-state index contributed by atoms with van der Waals surface area (Å²) in [5.74, 6) is -16.2. The lowest BCUT2D eigenvalue weighted by molar-refractivity contribution is -0.220. The third-order valence-electron chi connectivity index (χ3n) is 1.60. The van der Waals surface area contributed by atoms with Crippen molar-refractivity contribution >= 4 is 11.8 Å². The lowest BCUT2D eigenvalue weighted by Crippen LogP contribution is -2.59. The van der Waals surface area contributed by atoms with Crippen LogP contribution in [0.5, 0.6) is 0 Å². The fraction of sp³-hybridized carbons (Fsp3) is 0.667. The minimum Gasteiger partial charge on any atom is -0.376 e. The molecular weight excluding hydrogens is 240 g/mol. The highest BCUT2D eigenvalue weighted by atomic mass is 19.3. The minimum absolute atomic E-state index is 0.392. The fourth-order valence-electron chi connectivity index (χ4n) is 0.661. The second kappa shape index (κ2) is 4.61. The molecule has 0 aliphatic heterocycles. The van der Waals surface area contributed by atoms with Crippen LogP contribution in [0.25, 0.3) is 0 Å². The van der Waals surface area contributed by atoms with Gasteiger partial charge in [0.25, 0.3) is 5.91 Å². The molecule has 0 saturated heterocycles. The summed E-state index contributed by atoms with van der Waals surface area (Å²) >= 11 is 0. The number of nitrogens with zero attached hydrogens (tertiary/aromatic N) is 1. The molecule has 0 fully saturated rings. The normalized spacial score (nSPS) is 12.4. The van der Waals surface area contributed by atoms with Crippen LogP contribution in [0.3, 0.4) is 0 Å². The summed E-state index contributed by atoms with van der Waals surface area (Å²) in [5.41, 5.74) is 4.01. The van der Waals surface area contributed by atoms with Gasteiger partial charge in [0.15, 0.2) is 0 Å². The average Bonchev–Trinajstić information content (AvgIpc) is 2.18. The standard InChI is InChI=1S/C6H8F4N2O4/c7-5(8,3(11)15)6(9,10)4(16)12(1-13)2-14/h13-14H,1-2H2,(H2,11,15). The molecule has 0 saturated carbocycles. The molecule has 0 aromatic carbocycles. The molecule has 0 aromatic heterocycles. The number of aliphatic hydroxyl groups excluding tert-OH is 2. The molecule has 0 aliphatic carbocycles. The van der Waals surface area contributed by atoms with Crippen LogP contribution >= 0.6 is 0 Å². The predicted molar refractivity (Wildman–Crippen MR) is 40.1 cm³/mol. The topological polar surface area (TPSA) is 104 Å². The van der Waals surface area contributed by atoms with Crippen LogP contribution in [0.2, 0.25) is 0 Å². The molecular formula is C6H8F4N2O4. The number of halogens is 4. The smallest absolute Gasteiger partial charge is 0.376 e. The minimum atomic E-state index is -5.44. The maximum Gasteiger partial charge on any atom is 0.395 e. The zero-order valence-corrected chi connectivity index (χ0v) is 7.66. The third-order valence-corrected chi connectivity index (χ3v) is 1.60. The van der Waals surface area contributed by atoms with Gasteiger partial charge in [0, 0.05) is 0 Å². The van der Waals surface area contributed by atoms with Crippen molar-refractivity contribution in [2.24, 2.45) is 5.73 Å². The summed E-state index contributed by atoms with van der Waals surface area (Å²) in [4.78, 5) is 20.4. The summed E-state index contributed by atoms with van der Waals surface area (Å²) in [5, 5.41) is 16.6. The first-order valence-electron chi connectivity index (χ1n) is 3.69. The first kappa shape index (κ1) is 14.6. The van der Waals surface area contributed by atoms with Gasteiger partial charge in [-0.05, 0) is 0 Å². The first-order valence-corrected chi connectivity index (χ1v) is 3.69. The van der Waals surface area contributed by atoms with Gasteiger partial charge < -0.3 is 15.9 Å². The monoisotopic (exact) mass is 248 g/mol. The van der Waals surface area contributed by atoms with E-state index in [0.717, 1.165) is 0 Å². The Bertz CT molecular complexity index is 292. The first-order chi connectivity index (χ1) is 7.12. The van der Waals surface area contributed by atoms with Crippen molar-refractivity contribution in [1.29, 1.82) is 0 Å². The molecule has 0 unspecified atom stereocenters. The molecule has 2 amide bonds. The summed E-state index contributed by atoms with van der Waals surface area (Å²) in [7, 11) is 0.